The third kappa shape index (κ3) is 3.35. The highest BCUT2D eigenvalue weighted by Crippen LogP contribution is 2.58. The molecular weight excluding hydrogens is 393 g/mol. The summed E-state index contributed by atoms with van der Waals surface area (Å²) in [5.41, 5.74) is 3.88. The Bertz CT molecular complexity index is 1110. The molecule has 1 saturated heterocycles. The summed E-state index contributed by atoms with van der Waals surface area (Å²) >= 11 is 0. The molecule has 1 aromatic heterocycles. The zero-order chi connectivity index (χ0) is 20.8. The topological polar surface area (TPSA) is 47.5 Å². The maximum atomic E-state index is 14.1. The van der Waals surface area contributed by atoms with E-state index >= 15 is 0 Å². The molecule has 1 aliphatic carbocycles. The Morgan fingerprint density at radius 2 is 1.81 bits per heavy atom. The fourth-order valence-electron chi connectivity index (χ4n) is 4.77. The van der Waals surface area contributed by atoms with Gasteiger partial charge in [-0.15, -0.1) is 0 Å². The number of ether oxygens (including phenoxy) is 2. The molecule has 1 saturated carbocycles. The Morgan fingerprint density at radius 3 is 2.55 bits per heavy atom. The molecular formula is C25H24FN3O2. The molecule has 3 heterocycles. The van der Waals surface area contributed by atoms with Crippen LogP contribution in [-0.2, 0) is 10.2 Å². The lowest BCUT2D eigenvalue weighted by Crippen LogP contribution is -2.26. The minimum atomic E-state index is -0.266. The van der Waals surface area contributed by atoms with Crippen LogP contribution in [-0.4, -0.2) is 35.8 Å². The van der Waals surface area contributed by atoms with Crippen molar-refractivity contribution in [3.63, 3.8) is 0 Å². The van der Waals surface area contributed by atoms with E-state index in [-0.39, 0.29) is 17.3 Å². The number of hydrogen-bond acceptors (Lipinski definition) is 5. The summed E-state index contributed by atoms with van der Waals surface area (Å²) in [4.78, 5) is 11.4. The summed E-state index contributed by atoms with van der Waals surface area (Å²) in [7, 11) is 0. The van der Waals surface area contributed by atoms with Crippen molar-refractivity contribution in [1.82, 2.24) is 9.97 Å². The lowest BCUT2D eigenvalue weighted by atomic mass is 9.98. The summed E-state index contributed by atoms with van der Waals surface area (Å²) in [6.07, 6.45) is 7.83. The Labute approximate surface area is 180 Å². The predicted molar refractivity (Wildman–Crippen MR) is 116 cm³/mol. The molecule has 0 unspecified atom stereocenters. The van der Waals surface area contributed by atoms with E-state index in [0.29, 0.717) is 17.1 Å². The smallest absolute Gasteiger partial charge is 0.229 e. The van der Waals surface area contributed by atoms with Gasteiger partial charge in [0.1, 0.15) is 17.7 Å². The monoisotopic (exact) mass is 417 g/mol. The van der Waals surface area contributed by atoms with Crippen LogP contribution in [0, 0.1) is 5.82 Å². The van der Waals surface area contributed by atoms with Gasteiger partial charge in [0.15, 0.2) is 0 Å². The van der Waals surface area contributed by atoms with Crippen LogP contribution in [0.15, 0.2) is 54.9 Å². The van der Waals surface area contributed by atoms with Crippen molar-refractivity contribution in [1.29, 1.82) is 0 Å². The Balaban J connectivity index is 1.30. The first kappa shape index (κ1) is 18.8. The fraction of sp³-hybridized carbons (Fsp3) is 0.360. The van der Waals surface area contributed by atoms with E-state index in [4.69, 9.17) is 9.47 Å². The van der Waals surface area contributed by atoms with Crippen molar-refractivity contribution in [2.75, 3.05) is 24.7 Å². The van der Waals surface area contributed by atoms with E-state index in [9.17, 15) is 4.39 Å². The summed E-state index contributed by atoms with van der Waals surface area (Å²) in [5, 5.41) is 0. The SMILES string of the molecule is Fc1ccccc1-c1cnc(N2CC3(CC3)c3ccc(OC4CCOCC4)cc32)nc1. The third-order valence-electron chi connectivity index (χ3n) is 6.68. The molecule has 3 aliphatic rings. The van der Waals surface area contributed by atoms with Gasteiger partial charge >= 0.3 is 0 Å². The van der Waals surface area contributed by atoms with Gasteiger partial charge in [0.2, 0.25) is 5.95 Å². The summed E-state index contributed by atoms with van der Waals surface area (Å²) in [6.45, 7) is 2.39. The van der Waals surface area contributed by atoms with Crippen molar-refractivity contribution >= 4 is 11.6 Å². The second-order valence-corrected chi connectivity index (χ2v) is 8.73. The number of hydrogen-bond donors (Lipinski definition) is 0. The quantitative estimate of drug-likeness (QED) is 0.596. The van der Waals surface area contributed by atoms with E-state index in [1.807, 2.05) is 6.07 Å². The van der Waals surface area contributed by atoms with Crippen LogP contribution in [0.2, 0.25) is 0 Å². The highest BCUT2D eigenvalue weighted by molar-refractivity contribution is 5.73. The summed E-state index contributed by atoms with van der Waals surface area (Å²) in [6, 6.07) is 13.1. The van der Waals surface area contributed by atoms with Gasteiger partial charge in [0, 0.05) is 54.4 Å². The molecule has 2 aromatic carbocycles. The van der Waals surface area contributed by atoms with Gasteiger partial charge in [-0.25, -0.2) is 14.4 Å². The van der Waals surface area contributed by atoms with Gasteiger partial charge in [-0.1, -0.05) is 24.3 Å². The molecule has 0 N–H and O–H groups in total. The molecule has 0 bridgehead atoms. The minimum absolute atomic E-state index is 0.202. The van der Waals surface area contributed by atoms with E-state index in [1.54, 1.807) is 24.5 Å². The number of rotatable bonds is 4. The van der Waals surface area contributed by atoms with E-state index in [0.717, 1.165) is 44.0 Å². The number of aromatic nitrogens is 2. The number of fused-ring (bicyclic) bond motifs is 2. The van der Waals surface area contributed by atoms with Crippen LogP contribution in [0.1, 0.15) is 31.2 Å². The van der Waals surface area contributed by atoms with Gasteiger partial charge in [0.25, 0.3) is 0 Å². The predicted octanol–water partition coefficient (Wildman–Crippen LogP) is 5.02. The maximum absolute atomic E-state index is 14.1. The van der Waals surface area contributed by atoms with Crippen molar-refractivity contribution in [2.45, 2.75) is 37.2 Å². The van der Waals surface area contributed by atoms with Gasteiger partial charge in [-0.2, -0.15) is 0 Å². The Kier molecular flexibility index (Phi) is 4.42. The standard InChI is InChI=1S/C25H24FN3O2/c26-22-4-2-1-3-20(22)17-14-27-24(28-15-17)29-16-25(9-10-25)21-6-5-19(13-23(21)29)31-18-7-11-30-12-8-18/h1-6,13-15,18H,7-12,16H2. The average Bonchev–Trinajstić information content (AvgIpc) is 3.52. The number of benzene rings is 2. The Hall–Kier alpha value is -2.99. The minimum Gasteiger partial charge on any atom is -0.490 e. The van der Waals surface area contributed by atoms with Gasteiger partial charge in [0.05, 0.1) is 18.9 Å². The molecule has 5 nitrogen and oxygen atoms in total. The summed E-state index contributed by atoms with van der Waals surface area (Å²) in [5.74, 6) is 1.27. The zero-order valence-electron chi connectivity index (χ0n) is 17.3. The normalized spacial score (nSPS) is 19.5. The van der Waals surface area contributed by atoms with Crippen molar-refractivity contribution in [3.05, 3.63) is 66.2 Å². The van der Waals surface area contributed by atoms with Crippen LogP contribution in [0.5, 0.6) is 5.75 Å². The molecule has 1 spiro atoms. The van der Waals surface area contributed by atoms with Gasteiger partial charge in [-0.3, -0.25) is 0 Å². The number of nitrogens with zero attached hydrogens (tertiary/aromatic N) is 3. The second kappa shape index (κ2) is 7.31. The van der Waals surface area contributed by atoms with Crippen LogP contribution in [0.3, 0.4) is 0 Å². The molecule has 3 aromatic rings. The highest BCUT2D eigenvalue weighted by atomic mass is 19.1. The molecule has 6 rings (SSSR count). The summed E-state index contributed by atoms with van der Waals surface area (Å²) < 4.78 is 25.8. The molecule has 158 valence electrons. The van der Waals surface area contributed by atoms with Crippen LogP contribution in [0.25, 0.3) is 11.1 Å². The van der Waals surface area contributed by atoms with Crippen molar-refractivity contribution in [2.24, 2.45) is 0 Å². The number of anilines is 2. The van der Waals surface area contributed by atoms with E-state index in [2.05, 4.69) is 33.1 Å². The van der Waals surface area contributed by atoms with E-state index < -0.39 is 0 Å². The molecule has 2 fully saturated rings. The average molecular weight is 417 g/mol. The molecule has 2 aliphatic heterocycles. The third-order valence-corrected chi connectivity index (χ3v) is 6.68. The maximum Gasteiger partial charge on any atom is 0.229 e. The molecule has 0 amide bonds. The van der Waals surface area contributed by atoms with E-state index in [1.165, 1.54) is 24.5 Å². The molecule has 6 heteroatoms. The molecule has 0 atom stereocenters. The Morgan fingerprint density at radius 1 is 1.03 bits per heavy atom. The van der Waals surface area contributed by atoms with Crippen molar-refractivity contribution < 1.29 is 13.9 Å². The largest absolute Gasteiger partial charge is 0.490 e. The van der Waals surface area contributed by atoms with Crippen LogP contribution >= 0.6 is 0 Å². The highest BCUT2D eigenvalue weighted by Gasteiger charge is 2.52. The number of halogens is 1. The fourth-order valence-corrected chi connectivity index (χ4v) is 4.77. The van der Waals surface area contributed by atoms with Gasteiger partial charge in [-0.05, 0) is 30.5 Å². The van der Waals surface area contributed by atoms with Crippen LogP contribution < -0.4 is 9.64 Å². The van der Waals surface area contributed by atoms with Crippen LogP contribution in [0.4, 0.5) is 16.0 Å². The molecule has 0 radical (unpaired) electrons. The van der Waals surface area contributed by atoms with Gasteiger partial charge < -0.3 is 14.4 Å². The first-order valence-electron chi connectivity index (χ1n) is 11.0. The molecule has 31 heavy (non-hydrogen) atoms. The second-order valence-electron chi connectivity index (χ2n) is 8.73. The first-order chi connectivity index (χ1) is 15.2. The first-order valence-corrected chi connectivity index (χ1v) is 11.0. The lowest BCUT2D eigenvalue weighted by molar-refractivity contribution is 0.0256. The van der Waals surface area contributed by atoms with Crippen molar-refractivity contribution in [3.8, 4) is 16.9 Å². The zero-order valence-corrected chi connectivity index (χ0v) is 17.3. The lowest BCUT2D eigenvalue weighted by Gasteiger charge is -2.24.